The summed E-state index contributed by atoms with van der Waals surface area (Å²) >= 11 is 0. The molecule has 3 nitrogen and oxygen atoms in total. The van der Waals surface area contributed by atoms with Crippen LogP contribution in [-0.2, 0) is 4.79 Å². The van der Waals surface area contributed by atoms with Crippen molar-refractivity contribution in [2.24, 2.45) is 17.6 Å². The largest absolute Gasteiger partial charge is 0.356 e. The third-order valence-electron chi connectivity index (χ3n) is 3.07. The lowest BCUT2D eigenvalue weighted by molar-refractivity contribution is -0.121. The van der Waals surface area contributed by atoms with Crippen molar-refractivity contribution in [2.45, 2.75) is 52.9 Å². The highest BCUT2D eigenvalue weighted by atomic mass is 16.1. The summed E-state index contributed by atoms with van der Waals surface area (Å²) in [5.41, 5.74) is 5.57. The Balaban J connectivity index is 3.69. The lowest BCUT2D eigenvalue weighted by Gasteiger charge is -2.19. The summed E-state index contributed by atoms with van der Waals surface area (Å²) < 4.78 is 0. The van der Waals surface area contributed by atoms with Gasteiger partial charge in [-0.3, -0.25) is 4.79 Å². The molecule has 0 aromatic rings. The first kappa shape index (κ1) is 15.4. The van der Waals surface area contributed by atoms with Gasteiger partial charge in [0.2, 0.25) is 5.91 Å². The lowest BCUT2D eigenvalue weighted by Crippen LogP contribution is -2.25. The molecule has 0 aromatic carbocycles. The minimum absolute atomic E-state index is 0.191. The van der Waals surface area contributed by atoms with E-state index in [-0.39, 0.29) is 5.91 Å². The van der Waals surface area contributed by atoms with Crippen LogP contribution in [0.2, 0.25) is 0 Å². The van der Waals surface area contributed by atoms with E-state index in [1.54, 1.807) is 0 Å². The Kier molecular flexibility index (Phi) is 9.30. The molecule has 0 radical (unpaired) electrons. The molecule has 0 bridgehead atoms. The number of hydrogen-bond acceptors (Lipinski definition) is 2. The third kappa shape index (κ3) is 7.69. The van der Waals surface area contributed by atoms with Gasteiger partial charge in [-0.25, -0.2) is 0 Å². The number of nitrogens with two attached hydrogens (primary N) is 1. The van der Waals surface area contributed by atoms with E-state index in [0.29, 0.717) is 18.3 Å². The Hall–Kier alpha value is -0.570. The van der Waals surface area contributed by atoms with Gasteiger partial charge in [0.05, 0.1) is 0 Å². The normalized spacial score (nSPS) is 12.8. The molecule has 0 rings (SSSR count). The molecule has 0 spiro atoms. The molecule has 0 saturated carbocycles. The molecule has 0 aliphatic heterocycles. The van der Waals surface area contributed by atoms with E-state index >= 15 is 0 Å². The van der Waals surface area contributed by atoms with Crippen molar-refractivity contribution in [3.8, 4) is 0 Å². The predicted molar refractivity (Wildman–Crippen MR) is 69.2 cm³/mol. The highest BCUT2D eigenvalue weighted by Crippen LogP contribution is 2.20. The van der Waals surface area contributed by atoms with Crippen LogP contribution in [0.25, 0.3) is 0 Å². The molecule has 3 N–H and O–H groups in total. The molecule has 0 aliphatic carbocycles. The number of carbonyl (C=O) groups excluding carboxylic acids is 1. The first-order valence-corrected chi connectivity index (χ1v) is 6.58. The molecule has 0 aliphatic rings. The fraction of sp³-hybridized carbons (Fsp3) is 0.923. The van der Waals surface area contributed by atoms with Gasteiger partial charge in [0.15, 0.2) is 0 Å². The van der Waals surface area contributed by atoms with Gasteiger partial charge < -0.3 is 11.1 Å². The standard InChI is InChI=1S/C13H28N2O/c1-4-5-10-15-13(16)7-6-12(8-9-14)11(2)3/h11-12H,4-10,14H2,1-3H3,(H,15,16). The highest BCUT2D eigenvalue weighted by Gasteiger charge is 2.13. The molecule has 0 heterocycles. The number of unbranched alkanes of at least 4 members (excludes halogenated alkanes) is 1. The molecular formula is C13H28N2O. The summed E-state index contributed by atoms with van der Waals surface area (Å²) in [5, 5.41) is 2.95. The van der Waals surface area contributed by atoms with Gasteiger partial charge in [0.1, 0.15) is 0 Å². The molecule has 0 saturated heterocycles. The van der Waals surface area contributed by atoms with Gasteiger partial charge >= 0.3 is 0 Å². The average Bonchev–Trinajstić information content (AvgIpc) is 2.24. The van der Waals surface area contributed by atoms with Crippen LogP contribution >= 0.6 is 0 Å². The quantitative estimate of drug-likeness (QED) is 0.595. The summed E-state index contributed by atoms with van der Waals surface area (Å²) in [7, 11) is 0. The van der Waals surface area contributed by atoms with Crippen LogP contribution in [0.4, 0.5) is 0 Å². The monoisotopic (exact) mass is 228 g/mol. The molecule has 0 fully saturated rings. The van der Waals surface area contributed by atoms with Gasteiger partial charge in [0.25, 0.3) is 0 Å². The van der Waals surface area contributed by atoms with E-state index in [1.807, 2.05) is 0 Å². The smallest absolute Gasteiger partial charge is 0.220 e. The Morgan fingerprint density at radius 2 is 2.00 bits per heavy atom. The Bertz CT molecular complexity index is 181. The molecular weight excluding hydrogens is 200 g/mol. The number of hydrogen-bond donors (Lipinski definition) is 2. The van der Waals surface area contributed by atoms with Crippen molar-refractivity contribution in [2.75, 3.05) is 13.1 Å². The number of carbonyl (C=O) groups is 1. The molecule has 96 valence electrons. The van der Waals surface area contributed by atoms with Crippen LogP contribution in [0.1, 0.15) is 52.9 Å². The highest BCUT2D eigenvalue weighted by molar-refractivity contribution is 5.75. The maximum Gasteiger partial charge on any atom is 0.220 e. The van der Waals surface area contributed by atoms with Gasteiger partial charge in [-0.05, 0) is 37.6 Å². The van der Waals surface area contributed by atoms with Crippen LogP contribution in [-0.4, -0.2) is 19.0 Å². The van der Waals surface area contributed by atoms with Crippen LogP contribution < -0.4 is 11.1 Å². The van der Waals surface area contributed by atoms with Gasteiger partial charge in [-0.15, -0.1) is 0 Å². The molecule has 1 atom stereocenters. The van der Waals surface area contributed by atoms with Crippen molar-refractivity contribution in [1.82, 2.24) is 5.32 Å². The second kappa shape index (κ2) is 9.64. The van der Waals surface area contributed by atoms with Crippen LogP contribution in [0.3, 0.4) is 0 Å². The fourth-order valence-corrected chi connectivity index (χ4v) is 1.83. The zero-order valence-electron chi connectivity index (χ0n) is 11.1. The lowest BCUT2D eigenvalue weighted by atomic mass is 9.88. The van der Waals surface area contributed by atoms with E-state index in [9.17, 15) is 4.79 Å². The summed E-state index contributed by atoms with van der Waals surface area (Å²) in [6, 6.07) is 0. The molecule has 1 amide bonds. The van der Waals surface area contributed by atoms with Crippen LogP contribution in [0.5, 0.6) is 0 Å². The van der Waals surface area contributed by atoms with Gasteiger partial charge in [0, 0.05) is 13.0 Å². The summed E-state index contributed by atoms with van der Waals surface area (Å²) in [5.74, 6) is 1.39. The second-order valence-corrected chi connectivity index (χ2v) is 4.82. The molecule has 1 unspecified atom stereocenters. The zero-order chi connectivity index (χ0) is 12.4. The second-order valence-electron chi connectivity index (χ2n) is 4.82. The minimum atomic E-state index is 0.191. The summed E-state index contributed by atoms with van der Waals surface area (Å²) in [4.78, 5) is 11.5. The van der Waals surface area contributed by atoms with Crippen LogP contribution in [0, 0.1) is 11.8 Å². The first-order chi connectivity index (χ1) is 7.61. The average molecular weight is 228 g/mol. The predicted octanol–water partition coefficient (Wildman–Crippen LogP) is 2.30. The van der Waals surface area contributed by atoms with Crippen molar-refractivity contribution in [3.63, 3.8) is 0 Å². The van der Waals surface area contributed by atoms with E-state index in [0.717, 1.165) is 38.8 Å². The van der Waals surface area contributed by atoms with Crippen molar-refractivity contribution >= 4 is 5.91 Å². The number of nitrogens with one attached hydrogen (secondary N) is 1. The number of amides is 1. The van der Waals surface area contributed by atoms with Crippen molar-refractivity contribution in [1.29, 1.82) is 0 Å². The maximum absolute atomic E-state index is 11.5. The third-order valence-corrected chi connectivity index (χ3v) is 3.07. The topological polar surface area (TPSA) is 55.1 Å². The fourth-order valence-electron chi connectivity index (χ4n) is 1.83. The SMILES string of the molecule is CCCCNC(=O)CCC(CCN)C(C)C. The zero-order valence-corrected chi connectivity index (χ0v) is 11.1. The minimum Gasteiger partial charge on any atom is -0.356 e. The Labute approximate surface area is 100 Å². The Morgan fingerprint density at radius 3 is 2.50 bits per heavy atom. The van der Waals surface area contributed by atoms with Gasteiger partial charge in [-0.2, -0.15) is 0 Å². The van der Waals surface area contributed by atoms with Crippen LogP contribution in [0.15, 0.2) is 0 Å². The van der Waals surface area contributed by atoms with Crippen molar-refractivity contribution < 1.29 is 4.79 Å². The van der Waals surface area contributed by atoms with E-state index in [2.05, 4.69) is 26.1 Å². The summed E-state index contributed by atoms with van der Waals surface area (Å²) in [6.07, 6.45) is 4.84. The van der Waals surface area contributed by atoms with E-state index in [1.165, 1.54) is 0 Å². The first-order valence-electron chi connectivity index (χ1n) is 6.58. The molecule has 16 heavy (non-hydrogen) atoms. The molecule has 0 aromatic heterocycles. The number of rotatable bonds is 9. The molecule has 3 heteroatoms. The summed E-state index contributed by atoms with van der Waals surface area (Å²) in [6.45, 7) is 8.08. The van der Waals surface area contributed by atoms with E-state index in [4.69, 9.17) is 5.73 Å². The van der Waals surface area contributed by atoms with E-state index < -0.39 is 0 Å². The maximum atomic E-state index is 11.5. The Morgan fingerprint density at radius 1 is 1.31 bits per heavy atom. The van der Waals surface area contributed by atoms with Gasteiger partial charge in [-0.1, -0.05) is 27.2 Å². The van der Waals surface area contributed by atoms with Crippen molar-refractivity contribution in [3.05, 3.63) is 0 Å².